The lowest BCUT2D eigenvalue weighted by molar-refractivity contribution is -0.135. The van der Waals surface area contributed by atoms with Gasteiger partial charge in [0.05, 0.1) is 10.9 Å². The number of hydrogen-bond acceptors (Lipinski definition) is 2. The predicted molar refractivity (Wildman–Crippen MR) is 90.1 cm³/mol. The lowest BCUT2D eigenvalue weighted by Gasteiger charge is -2.31. The summed E-state index contributed by atoms with van der Waals surface area (Å²) >= 11 is 5.16. The van der Waals surface area contributed by atoms with Crippen molar-refractivity contribution in [2.24, 2.45) is 11.7 Å². The number of nitrogens with zero attached hydrogens (tertiary/aromatic N) is 1. The number of benzene rings is 1. The van der Waals surface area contributed by atoms with Gasteiger partial charge in [-0.2, -0.15) is 0 Å². The van der Waals surface area contributed by atoms with E-state index >= 15 is 0 Å². The molecular weight excluding hydrogens is 280 g/mol. The first-order valence-electron chi connectivity index (χ1n) is 7.77. The van der Waals surface area contributed by atoms with Crippen molar-refractivity contribution in [3.63, 3.8) is 0 Å². The predicted octanol–water partition coefficient (Wildman–Crippen LogP) is 2.92. The average Bonchev–Trinajstić information content (AvgIpc) is 3.00. The van der Waals surface area contributed by atoms with E-state index in [0.29, 0.717) is 17.5 Å². The van der Waals surface area contributed by atoms with E-state index in [4.69, 9.17) is 18.0 Å². The summed E-state index contributed by atoms with van der Waals surface area (Å²) in [6.07, 6.45) is 5.23. The van der Waals surface area contributed by atoms with Crippen LogP contribution in [-0.2, 0) is 11.2 Å². The molecule has 1 unspecified atom stereocenters. The highest BCUT2D eigenvalue weighted by Crippen LogP contribution is 2.25. The SMILES string of the molecule is CCN(C(=O)C(Cc1ccccc1)C(N)=S)C1CCCC1. The Bertz CT molecular complexity index is 483. The average molecular weight is 304 g/mol. The first-order valence-corrected chi connectivity index (χ1v) is 8.18. The lowest BCUT2D eigenvalue weighted by atomic mass is 9.97. The third-order valence-corrected chi connectivity index (χ3v) is 4.60. The lowest BCUT2D eigenvalue weighted by Crippen LogP contribution is -2.46. The molecule has 1 atom stereocenters. The van der Waals surface area contributed by atoms with Crippen molar-refractivity contribution in [2.75, 3.05) is 6.54 Å². The Morgan fingerprint density at radius 2 is 1.95 bits per heavy atom. The maximum atomic E-state index is 12.9. The van der Waals surface area contributed by atoms with Gasteiger partial charge in [0.25, 0.3) is 0 Å². The number of hydrogen-bond donors (Lipinski definition) is 1. The fourth-order valence-corrected chi connectivity index (χ4v) is 3.35. The van der Waals surface area contributed by atoms with Gasteiger partial charge in [0.1, 0.15) is 0 Å². The standard InChI is InChI=1S/C17H24N2OS/c1-2-19(14-10-6-7-11-14)17(20)15(16(18)21)12-13-8-4-3-5-9-13/h3-5,8-9,14-15H,2,6-7,10-12H2,1H3,(H2,18,21). The smallest absolute Gasteiger partial charge is 0.233 e. The normalized spacial score (nSPS) is 16.6. The van der Waals surface area contributed by atoms with Gasteiger partial charge in [-0.15, -0.1) is 0 Å². The summed E-state index contributed by atoms with van der Waals surface area (Å²) in [7, 11) is 0. The van der Waals surface area contributed by atoms with Crippen LogP contribution in [0.4, 0.5) is 0 Å². The highest BCUT2D eigenvalue weighted by molar-refractivity contribution is 7.80. The molecule has 4 heteroatoms. The van der Waals surface area contributed by atoms with Gasteiger partial charge in [-0.05, 0) is 31.7 Å². The Balaban J connectivity index is 2.12. The Morgan fingerprint density at radius 1 is 1.33 bits per heavy atom. The minimum Gasteiger partial charge on any atom is -0.393 e. The third kappa shape index (κ3) is 4.03. The largest absolute Gasteiger partial charge is 0.393 e. The molecule has 114 valence electrons. The number of nitrogens with two attached hydrogens (primary N) is 1. The molecule has 0 spiro atoms. The van der Waals surface area contributed by atoms with Crippen LogP contribution in [0.3, 0.4) is 0 Å². The van der Waals surface area contributed by atoms with Crippen LogP contribution in [-0.4, -0.2) is 28.4 Å². The van der Waals surface area contributed by atoms with Crippen LogP contribution >= 0.6 is 12.2 Å². The summed E-state index contributed by atoms with van der Waals surface area (Å²) in [6.45, 7) is 2.77. The molecule has 2 rings (SSSR count). The fourth-order valence-electron chi connectivity index (χ4n) is 3.17. The van der Waals surface area contributed by atoms with Crippen molar-refractivity contribution < 1.29 is 4.79 Å². The Labute approximate surface area is 132 Å². The van der Waals surface area contributed by atoms with Crippen LogP contribution in [0.5, 0.6) is 0 Å². The molecule has 3 nitrogen and oxygen atoms in total. The summed E-state index contributed by atoms with van der Waals surface area (Å²) in [6, 6.07) is 10.3. The van der Waals surface area contributed by atoms with E-state index in [1.807, 2.05) is 42.2 Å². The van der Waals surface area contributed by atoms with Crippen molar-refractivity contribution in [3.8, 4) is 0 Å². The number of thiocarbonyl (C=S) groups is 1. The molecule has 0 aromatic heterocycles. The summed E-state index contributed by atoms with van der Waals surface area (Å²) in [4.78, 5) is 15.2. The van der Waals surface area contributed by atoms with Crippen LogP contribution in [0.2, 0.25) is 0 Å². The van der Waals surface area contributed by atoms with Crippen LogP contribution < -0.4 is 5.73 Å². The molecule has 0 saturated heterocycles. The number of carbonyl (C=O) groups excluding carboxylic acids is 1. The molecular formula is C17H24N2OS. The topological polar surface area (TPSA) is 46.3 Å². The molecule has 1 amide bonds. The van der Waals surface area contributed by atoms with Crippen LogP contribution in [0.25, 0.3) is 0 Å². The highest BCUT2D eigenvalue weighted by Gasteiger charge is 2.31. The van der Waals surface area contributed by atoms with Gasteiger partial charge < -0.3 is 10.6 Å². The molecule has 1 aliphatic carbocycles. The molecule has 0 radical (unpaired) electrons. The zero-order valence-corrected chi connectivity index (χ0v) is 13.4. The van der Waals surface area contributed by atoms with Gasteiger partial charge in [-0.25, -0.2) is 0 Å². The second-order valence-corrected chi connectivity index (χ2v) is 6.18. The first kappa shape index (κ1) is 16.0. The maximum absolute atomic E-state index is 12.9. The van der Waals surface area contributed by atoms with Gasteiger partial charge in [-0.3, -0.25) is 4.79 Å². The molecule has 1 fully saturated rings. The minimum absolute atomic E-state index is 0.0979. The molecule has 0 heterocycles. The van der Waals surface area contributed by atoms with Crippen LogP contribution in [0.15, 0.2) is 30.3 Å². The molecule has 2 N–H and O–H groups in total. The molecule has 1 saturated carbocycles. The van der Waals surface area contributed by atoms with E-state index < -0.39 is 0 Å². The Morgan fingerprint density at radius 3 is 2.48 bits per heavy atom. The van der Waals surface area contributed by atoms with E-state index in [1.165, 1.54) is 12.8 Å². The quantitative estimate of drug-likeness (QED) is 0.822. The zero-order valence-electron chi connectivity index (χ0n) is 12.6. The van der Waals surface area contributed by atoms with E-state index in [0.717, 1.165) is 24.9 Å². The van der Waals surface area contributed by atoms with Crippen molar-refractivity contribution in [2.45, 2.75) is 45.1 Å². The van der Waals surface area contributed by atoms with Crippen LogP contribution in [0.1, 0.15) is 38.2 Å². The second kappa shape index (κ2) is 7.55. The van der Waals surface area contributed by atoms with E-state index in [2.05, 4.69) is 0 Å². The molecule has 0 bridgehead atoms. The molecule has 1 aromatic carbocycles. The van der Waals surface area contributed by atoms with Gasteiger partial charge in [0, 0.05) is 12.6 Å². The first-order chi connectivity index (χ1) is 10.1. The highest BCUT2D eigenvalue weighted by atomic mass is 32.1. The molecule has 21 heavy (non-hydrogen) atoms. The summed E-state index contributed by atoms with van der Waals surface area (Å²) < 4.78 is 0. The summed E-state index contributed by atoms with van der Waals surface area (Å²) in [5.41, 5.74) is 6.96. The van der Waals surface area contributed by atoms with E-state index in [-0.39, 0.29) is 11.8 Å². The van der Waals surface area contributed by atoms with Crippen molar-refractivity contribution >= 4 is 23.1 Å². The zero-order chi connectivity index (χ0) is 15.2. The number of carbonyl (C=O) groups is 1. The van der Waals surface area contributed by atoms with Crippen molar-refractivity contribution in [3.05, 3.63) is 35.9 Å². The maximum Gasteiger partial charge on any atom is 0.233 e. The number of amides is 1. The minimum atomic E-state index is -0.386. The second-order valence-electron chi connectivity index (χ2n) is 5.71. The monoisotopic (exact) mass is 304 g/mol. The van der Waals surface area contributed by atoms with Gasteiger partial charge in [0.2, 0.25) is 5.91 Å². The Kier molecular flexibility index (Phi) is 5.74. The summed E-state index contributed by atoms with van der Waals surface area (Å²) in [5, 5.41) is 0. The van der Waals surface area contributed by atoms with E-state index in [9.17, 15) is 4.79 Å². The van der Waals surface area contributed by atoms with Gasteiger partial charge in [0.15, 0.2) is 0 Å². The summed E-state index contributed by atoms with van der Waals surface area (Å²) in [5.74, 6) is -0.288. The third-order valence-electron chi connectivity index (χ3n) is 4.31. The number of rotatable bonds is 6. The van der Waals surface area contributed by atoms with E-state index in [1.54, 1.807) is 0 Å². The Hall–Kier alpha value is -1.42. The van der Waals surface area contributed by atoms with Crippen molar-refractivity contribution in [1.82, 2.24) is 4.90 Å². The van der Waals surface area contributed by atoms with Crippen LogP contribution in [0, 0.1) is 5.92 Å². The molecule has 1 aliphatic rings. The van der Waals surface area contributed by atoms with Gasteiger partial charge >= 0.3 is 0 Å². The van der Waals surface area contributed by atoms with Crippen molar-refractivity contribution in [1.29, 1.82) is 0 Å². The molecule has 0 aliphatic heterocycles. The van der Waals surface area contributed by atoms with Gasteiger partial charge in [-0.1, -0.05) is 55.4 Å². The molecule has 1 aromatic rings. The fraction of sp³-hybridized carbons (Fsp3) is 0.529.